The zero-order valence-electron chi connectivity index (χ0n) is 13.9. The fourth-order valence-electron chi connectivity index (χ4n) is 2.43. The molecule has 3 aromatic rings. The van der Waals surface area contributed by atoms with E-state index in [2.05, 4.69) is 37.5 Å². The van der Waals surface area contributed by atoms with Crippen molar-refractivity contribution in [2.45, 2.75) is 26.6 Å². The van der Waals surface area contributed by atoms with E-state index in [0.717, 1.165) is 23.6 Å². The molecule has 0 atom stereocenters. The van der Waals surface area contributed by atoms with Crippen LogP contribution in [0.4, 0.5) is 5.95 Å². The van der Waals surface area contributed by atoms with Crippen LogP contribution in [0.25, 0.3) is 0 Å². The Kier molecular flexibility index (Phi) is 5.18. The molecule has 1 aromatic carbocycles. The van der Waals surface area contributed by atoms with Gasteiger partial charge in [-0.05, 0) is 19.5 Å². The van der Waals surface area contributed by atoms with E-state index in [1.165, 1.54) is 5.56 Å². The van der Waals surface area contributed by atoms with Gasteiger partial charge in [-0.2, -0.15) is 0 Å². The number of aryl methyl sites for hydroxylation is 1. The number of hydrogen-bond donors (Lipinski definition) is 1. The SMILES string of the molecule is Cc1cc(CN(C)Cc2cnc(NCc3ccccc3)nc2)on1. The number of nitrogens with zero attached hydrogens (tertiary/aromatic N) is 4. The van der Waals surface area contributed by atoms with Crippen molar-refractivity contribution in [1.82, 2.24) is 20.0 Å². The van der Waals surface area contributed by atoms with Gasteiger partial charge in [-0.15, -0.1) is 0 Å². The molecular weight excluding hydrogens is 302 g/mol. The second kappa shape index (κ2) is 7.70. The first kappa shape index (κ1) is 16.1. The molecular formula is C18H21N5O. The molecule has 0 aliphatic carbocycles. The first-order valence-corrected chi connectivity index (χ1v) is 7.88. The van der Waals surface area contributed by atoms with Crippen LogP contribution in [0.15, 0.2) is 53.3 Å². The van der Waals surface area contributed by atoms with Gasteiger partial charge in [0.05, 0.1) is 12.2 Å². The fourth-order valence-corrected chi connectivity index (χ4v) is 2.43. The number of rotatable bonds is 7. The summed E-state index contributed by atoms with van der Waals surface area (Å²) in [5, 5.41) is 7.12. The van der Waals surface area contributed by atoms with Crippen LogP contribution in [-0.4, -0.2) is 27.1 Å². The Bertz CT molecular complexity index is 755. The number of anilines is 1. The lowest BCUT2D eigenvalue weighted by Gasteiger charge is -2.14. The van der Waals surface area contributed by atoms with Crippen LogP contribution in [0, 0.1) is 6.92 Å². The van der Waals surface area contributed by atoms with Gasteiger partial charge in [-0.25, -0.2) is 9.97 Å². The molecule has 0 amide bonds. The molecule has 0 fully saturated rings. The Hall–Kier alpha value is -2.73. The number of aromatic nitrogens is 3. The molecule has 1 N–H and O–H groups in total. The Morgan fingerprint density at radius 3 is 2.46 bits per heavy atom. The lowest BCUT2D eigenvalue weighted by molar-refractivity contribution is 0.265. The van der Waals surface area contributed by atoms with E-state index in [-0.39, 0.29) is 0 Å². The quantitative estimate of drug-likeness (QED) is 0.721. The second-order valence-electron chi connectivity index (χ2n) is 5.86. The highest BCUT2D eigenvalue weighted by Crippen LogP contribution is 2.09. The highest BCUT2D eigenvalue weighted by atomic mass is 16.5. The molecule has 0 unspecified atom stereocenters. The Balaban J connectivity index is 1.50. The zero-order valence-corrected chi connectivity index (χ0v) is 13.9. The van der Waals surface area contributed by atoms with Crippen LogP contribution in [0.1, 0.15) is 22.6 Å². The fraction of sp³-hybridized carbons (Fsp3) is 0.278. The van der Waals surface area contributed by atoms with Gasteiger partial charge in [-0.3, -0.25) is 4.90 Å². The Morgan fingerprint density at radius 1 is 1.04 bits per heavy atom. The first-order chi connectivity index (χ1) is 11.7. The molecule has 0 saturated heterocycles. The largest absolute Gasteiger partial charge is 0.360 e. The summed E-state index contributed by atoms with van der Waals surface area (Å²) in [4.78, 5) is 10.9. The summed E-state index contributed by atoms with van der Waals surface area (Å²) in [5.74, 6) is 1.49. The molecule has 124 valence electrons. The molecule has 24 heavy (non-hydrogen) atoms. The Morgan fingerprint density at radius 2 is 1.79 bits per heavy atom. The Labute approximate surface area is 141 Å². The van der Waals surface area contributed by atoms with Gasteiger partial charge in [0.15, 0.2) is 5.76 Å². The molecule has 0 spiro atoms. The van der Waals surface area contributed by atoms with Crippen molar-refractivity contribution < 1.29 is 4.52 Å². The van der Waals surface area contributed by atoms with Crippen molar-refractivity contribution in [1.29, 1.82) is 0 Å². The summed E-state index contributed by atoms with van der Waals surface area (Å²) in [6.45, 7) is 4.08. The van der Waals surface area contributed by atoms with Crippen LogP contribution in [0.5, 0.6) is 0 Å². The van der Waals surface area contributed by atoms with Crippen LogP contribution < -0.4 is 5.32 Å². The van der Waals surface area contributed by atoms with Gasteiger partial charge in [0, 0.05) is 37.1 Å². The van der Waals surface area contributed by atoms with Crippen molar-refractivity contribution >= 4 is 5.95 Å². The van der Waals surface area contributed by atoms with Gasteiger partial charge in [0.2, 0.25) is 5.95 Å². The van der Waals surface area contributed by atoms with Crippen LogP contribution in [-0.2, 0) is 19.6 Å². The smallest absolute Gasteiger partial charge is 0.222 e. The molecule has 0 aliphatic rings. The number of nitrogens with one attached hydrogen (secondary N) is 1. The summed E-state index contributed by atoms with van der Waals surface area (Å²) < 4.78 is 5.23. The lowest BCUT2D eigenvalue weighted by Crippen LogP contribution is -2.17. The predicted molar refractivity (Wildman–Crippen MR) is 92.2 cm³/mol. The summed E-state index contributed by atoms with van der Waals surface area (Å²) in [6, 6.07) is 12.1. The van der Waals surface area contributed by atoms with Crippen molar-refractivity contribution in [3.8, 4) is 0 Å². The van der Waals surface area contributed by atoms with Crippen molar-refractivity contribution in [3.63, 3.8) is 0 Å². The molecule has 2 aromatic heterocycles. The third kappa shape index (κ3) is 4.63. The van der Waals surface area contributed by atoms with Gasteiger partial charge in [0.1, 0.15) is 0 Å². The first-order valence-electron chi connectivity index (χ1n) is 7.88. The van der Waals surface area contributed by atoms with E-state index in [4.69, 9.17) is 4.52 Å². The van der Waals surface area contributed by atoms with E-state index >= 15 is 0 Å². The van der Waals surface area contributed by atoms with E-state index in [0.29, 0.717) is 19.0 Å². The monoisotopic (exact) mass is 323 g/mol. The maximum Gasteiger partial charge on any atom is 0.222 e. The summed E-state index contributed by atoms with van der Waals surface area (Å²) >= 11 is 0. The third-order valence-electron chi connectivity index (χ3n) is 3.55. The molecule has 0 saturated carbocycles. The highest BCUT2D eigenvalue weighted by molar-refractivity contribution is 5.27. The standard InChI is InChI=1S/C18H21N5O/c1-14-8-17(24-22-14)13-23(2)12-16-10-20-18(21-11-16)19-9-15-6-4-3-5-7-15/h3-8,10-11H,9,12-13H2,1-2H3,(H,19,20,21). The number of hydrogen-bond acceptors (Lipinski definition) is 6. The minimum Gasteiger partial charge on any atom is -0.360 e. The zero-order chi connectivity index (χ0) is 16.8. The minimum absolute atomic E-state index is 0.635. The molecule has 0 aliphatic heterocycles. The minimum atomic E-state index is 0.635. The van der Waals surface area contributed by atoms with E-state index in [1.54, 1.807) is 0 Å². The summed E-state index contributed by atoms with van der Waals surface area (Å²) in [6.07, 6.45) is 3.70. The van der Waals surface area contributed by atoms with Gasteiger partial charge >= 0.3 is 0 Å². The lowest BCUT2D eigenvalue weighted by atomic mass is 10.2. The summed E-state index contributed by atoms with van der Waals surface area (Å²) in [5.41, 5.74) is 3.15. The van der Waals surface area contributed by atoms with E-state index < -0.39 is 0 Å². The van der Waals surface area contributed by atoms with Gasteiger partial charge in [-0.1, -0.05) is 35.5 Å². The van der Waals surface area contributed by atoms with E-state index in [1.807, 2.05) is 50.6 Å². The molecule has 6 heteroatoms. The average Bonchev–Trinajstić information content (AvgIpc) is 3.00. The topological polar surface area (TPSA) is 67.1 Å². The van der Waals surface area contributed by atoms with E-state index in [9.17, 15) is 0 Å². The van der Waals surface area contributed by atoms with Crippen LogP contribution >= 0.6 is 0 Å². The van der Waals surface area contributed by atoms with Gasteiger partial charge < -0.3 is 9.84 Å². The van der Waals surface area contributed by atoms with Crippen molar-refractivity contribution in [3.05, 3.63) is 71.4 Å². The second-order valence-corrected chi connectivity index (χ2v) is 5.86. The maximum absolute atomic E-state index is 5.23. The maximum atomic E-state index is 5.23. The van der Waals surface area contributed by atoms with Crippen LogP contribution in [0.3, 0.4) is 0 Å². The third-order valence-corrected chi connectivity index (χ3v) is 3.55. The van der Waals surface area contributed by atoms with Crippen LogP contribution in [0.2, 0.25) is 0 Å². The summed E-state index contributed by atoms with van der Waals surface area (Å²) in [7, 11) is 2.03. The molecule has 3 rings (SSSR count). The number of benzene rings is 1. The molecule has 2 heterocycles. The van der Waals surface area contributed by atoms with Gasteiger partial charge in [0.25, 0.3) is 0 Å². The molecule has 0 radical (unpaired) electrons. The molecule has 0 bridgehead atoms. The van der Waals surface area contributed by atoms with Crippen molar-refractivity contribution in [2.75, 3.05) is 12.4 Å². The predicted octanol–water partition coefficient (Wildman–Crippen LogP) is 3.02. The molecule has 6 nitrogen and oxygen atoms in total. The normalized spacial score (nSPS) is 11.0. The average molecular weight is 323 g/mol. The van der Waals surface area contributed by atoms with Crippen molar-refractivity contribution in [2.24, 2.45) is 0 Å². The highest BCUT2D eigenvalue weighted by Gasteiger charge is 2.07.